The predicted molar refractivity (Wildman–Crippen MR) is 137 cm³/mol. The standard InChI is InChI=1S/C30H39N/c1-8-23(5)25-12-18-28(19-13-25)31(27-16-10-24(11-17-27)22(3)4)29-20-14-26(15-21-29)30(6,7)9-2/h10-23H,8-9H2,1-7H3. The highest BCUT2D eigenvalue weighted by molar-refractivity contribution is 5.76. The van der Waals surface area contributed by atoms with Gasteiger partial charge in [0, 0.05) is 17.1 Å². The zero-order valence-electron chi connectivity index (χ0n) is 20.4. The molecule has 1 nitrogen and oxygen atoms in total. The highest BCUT2D eigenvalue weighted by atomic mass is 15.1. The fraction of sp³-hybridized carbons (Fsp3) is 0.400. The Hall–Kier alpha value is -2.54. The third kappa shape index (κ3) is 5.21. The number of hydrogen-bond donors (Lipinski definition) is 0. The Morgan fingerprint density at radius 3 is 1.45 bits per heavy atom. The van der Waals surface area contributed by atoms with E-state index in [9.17, 15) is 0 Å². The van der Waals surface area contributed by atoms with Crippen molar-refractivity contribution in [3.63, 3.8) is 0 Å². The van der Waals surface area contributed by atoms with Gasteiger partial charge in [-0.1, -0.05) is 84.9 Å². The Bertz CT molecular complexity index is 947. The van der Waals surface area contributed by atoms with Crippen LogP contribution in [0.1, 0.15) is 89.8 Å². The first-order valence-corrected chi connectivity index (χ1v) is 11.9. The molecule has 1 unspecified atom stereocenters. The molecule has 0 amide bonds. The van der Waals surface area contributed by atoms with Gasteiger partial charge in [-0.15, -0.1) is 0 Å². The lowest BCUT2D eigenvalue weighted by Gasteiger charge is -2.28. The van der Waals surface area contributed by atoms with E-state index in [4.69, 9.17) is 0 Å². The van der Waals surface area contributed by atoms with Gasteiger partial charge in [0.2, 0.25) is 0 Å². The highest BCUT2D eigenvalue weighted by Crippen LogP contribution is 2.37. The maximum Gasteiger partial charge on any atom is 0.0461 e. The number of rotatable bonds is 8. The average molecular weight is 414 g/mol. The average Bonchev–Trinajstić information content (AvgIpc) is 2.80. The summed E-state index contributed by atoms with van der Waals surface area (Å²) in [6, 6.07) is 27.2. The predicted octanol–water partition coefficient (Wildman–Crippen LogP) is 9.48. The van der Waals surface area contributed by atoms with E-state index < -0.39 is 0 Å². The fourth-order valence-electron chi connectivity index (χ4n) is 3.91. The lowest BCUT2D eigenvalue weighted by Crippen LogP contribution is -2.16. The molecule has 3 aromatic carbocycles. The largest absolute Gasteiger partial charge is 0.311 e. The summed E-state index contributed by atoms with van der Waals surface area (Å²) in [6.45, 7) is 15.9. The molecule has 1 atom stereocenters. The quantitative estimate of drug-likeness (QED) is 0.355. The zero-order chi connectivity index (χ0) is 22.6. The molecule has 0 aliphatic carbocycles. The minimum Gasteiger partial charge on any atom is -0.311 e. The zero-order valence-corrected chi connectivity index (χ0v) is 20.4. The van der Waals surface area contributed by atoms with Crippen LogP contribution >= 0.6 is 0 Å². The molecule has 0 fully saturated rings. The molecule has 0 heterocycles. The Labute approximate surface area is 190 Å². The third-order valence-corrected chi connectivity index (χ3v) is 6.94. The van der Waals surface area contributed by atoms with Gasteiger partial charge in [-0.3, -0.25) is 0 Å². The third-order valence-electron chi connectivity index (χ3n) is 6.94. The Morgan fingerprint density at radius 2 is 1.06 bits per heavy atom. The van der Waals surface area contributed by atoms with E-state index in [-0.39, 0.29) is 5.41 Å². The summed E-state index contributed by atoms with van der Waals surface area (Å²) in [5.74, 6) is 1.12. The summed E-state index contributed by atoms with van der Waals surface area (Å²) >= 11 is 0. The van der Waals surface area contributed by atoms with E-state index in [2.05, 4.69) is 126 Å². The smallest absolute Gasteiger partial charge is 0.0461 e. The van der Waals surface area contributed by atoms with Crippen LogP contribution in [0.2, 0.25) is 0 Å². The SMILES string of the molecule is CCC(C)c1ccc(N(c2ccc(C(C)C)cc2)c2ccc(C(C)(C)CC)cc2)cc1. The summed E-state index contributed by atoms with van der Waals surface area (Å²) in [4.78, 5) is 2.37. The summed E-state index contributed by atoms with van der Waals surface area (Å²) in [5, 5.41) is 0. The molecule has 164 valence electrons. The van der Waals surface area contributed by atoms with E-state index in [1.165, 1.54) is 33.8 Å². The van der Waals surface area contributed by atoms with E-state index in [1.54, 1.807) is 0 Å². The molecule has 0 aromatic heterocycles. The monoisotopic (exact) mass is 413 g/mol. The van der Waals surface area contributed by atoms with Crippen LogP contribution in [0, 0.1) is 0 Å². The summed E-state index contributed by atoms with van der Waals surface area (Å²) in [7, 11) is 0. The molecular weight excluding hydrogens is 374 g/mol. The van der Waals surface area contributed by atoms with Crippen LogP contribution in [0.3, 0.4) is 0 Å². The maximum atomic E-state index is 2.37. The van der Waals surface area contributed by atoms with Gasteiger partial charge in [-0.05, 0) is 83.2 Å². The summed E-state index contributed by atoms with van der Waals surface area (Å²) < 4.78 is 0. The topological polar surface area (TPSA) is 3.24 Å². The molecule has 0 saturated carbocycles. The Balaban J connectivity index is 2.04. The van der Waals surface area contributed by atoms with Gasteiger partial charge >= 0.3 is 0 Å². The minimum absolute atomic E-state index is 0.195. The van der Waals surface area contributed by atoms with Crippen molar-refractivity contribution in [1.82, 2.24) is 0 Å². The fourth-order valence-corrected chi connectivity index (χ4v) is 3.91. The first kappa shape index (κ1) is 23.1. The number of anilines is 3. The summed E-state index contributed by atoms with van der Waals surface area (Å²) in [6.07, 6.45) is 2.29. The molecular formula is C30H39N. The first-order chi connectivity index (χ1) is 14.8. The number of benzene rings is 3. The van der Waals surface area contributed by atoms with Crippen molar-refractivity contribution >= 4 is 17.1 Å². The van der Waals surface area contributed by atoms with Crippen LogP contribution in [0.25, 0.3) is 0 Å². The minimum atomic E-state index is 0.195. The van der Waals surface area contributed by atoms with Crippen LogP contribution in [0.15, 0.2) is 72.8 Å². The second-order valence-corrected chi connectivity index (χ2v) is 9.77. The molecule has 0 saturated heterocycles. The molecule has 0 N–H and O–H groups in total. The lowest BCUT2D eigenvalue weighted by atomic mass is 9.82. The van der Waals surface area contributed by atoms with Crippen molar-refractivity contribution in [1.29, 1.82) is 0 Å². The van der Waals surface area contributed by atoms with Gasteiger partial charge in [-0.25, -0.2) is 0 Å². The van der Waals surface area contributed by atoms with Gasteiger partial charge in [0.25, 0.3) is 0 Å². The van der Waals surface area contributed by atoms with E-state index in [0.717, 1.165) is 12.8 Å². The molecule has 0 spiro atoms. The molecule has 1 heteroatoms. The van der Waals surface area contributed by atoms with Gasteiger partial charge in [-0.2, -0.15) is 0 Å². The van der Waals surface area contributed by atoms with Crippen LogP contribution in [0.4, 0.5) is 17.1 Å². The van der Waals surface area contributed by atoms with Crippen molar-refractivity contribution in [2.75, 3.05) is 4.90 Å². The Morgan fingerprint density at radius 1 is 0.645 bits per heavy atom. The van der Waals surface area contributed by atoms with Gasteiger partial charge in [0.15, 0.2) is 0 Å². The van der Waals surface area contributed by atoms with E-state index in [1.807, 2.05) is 0 Å². The number of hydrogen-bond acceptors (Lipinski definition) is 1. The van der Waals surface area contributed by atoms with Crippen LogP contribution in [-0.4, -0.2) is 0 Å². The van der Waals surface area contributed by atoms with Crippen LogP contribution in [-0.2, 0) is 5.41 Å². The maximum absolute atomic E-state index is 2.37. The van der Waals surface area contributed by atoms with Crippen molar-refractivity contribution in [3.8, 4) is 0 Å². The highest BCUT2D eigenvalue weighted by Gasteiger charge is 2.19. The molecule has 3 rings (SSSR count). The molecule has 0 bridgehead atoms. The van der Waals surface area contributed by atoms with Crippen LogP contribution < -0.4 is 4.90 Å². The van der Waals surface area contributed by atoms with Crippen molar-refractivity contribution in [2.45, 2.75) is 78.6 Å². The lowest BCUT2D eigenvalue weighted by molar-refractivity contribution is 0.506. The van der Waals surface area contributed by atoms with Gasteiger partial charge in [0.05, 0.1) is 0 Å². The van der Waals surface area contributed by atoms with Crippen molar-refractivity contribution in [2.24, 2.45) is 0 Å². The molecule has 0 aliphatic heterocycles. The Kier molecular flexibility index (Phi) is 7.26. The van der Waals surface area contributed by atoms with E-state index in [0.29, 0.717) is 11.8 Å². The molecule has 0 radical (unpaired) electrons. The van der Waals surface area contributed by atoms with E-state index >= 15 is 0 Å². The molecule has 3 aromatic rings. The normalized spacial score (nSPS) is 12.8. The van der Waals surface area contributed by atoms with Gasteiger partial charge in [0.1, 0.15) is 0 Å². The first-order valence-electron chi connectivity index (χ1n) is 11.9. The molecule has 0 aliphatic rings. The summed E-state index contributed by atoms with van der Waals surface area (Å²) in [5.41, 5.74) is 7.96. The van der Waals surface area contributed by atoms with Gasteiger partial charge < -0.3 is 4.90 Å². The van der Waals surface area contributed by atoms with Crippen LogP contribution in [0.5, 0.6) is 0 Å². The second kappa shape index (κ2) is 9.73. The number of nitrogens with zero attached hydrogens (tertiary/aromatic N) is 1. The molecule has 31 heavy (non-hydrogen) atoms. The van der Waals surface area contributed by atoms with Crippen molar-refractivity contribution in [3.05, 3.63) is 89.5 Å². The van der Waals surface area contributed by atoms with Crippen molar-refractivity contribution < 1.29 is 0 Å². The second-order valence-electron chi connectivity index (χ2n) is 9.77.